The zero-order valence-electron chi connectivity index (χ0n) is 15.9. The van der Waals surface area contributed by atoms with E-state index in [-0.39, 0.29) is 25.3 Å². The van der Waals surface area contributed by atoms with Gasteiger partial charge in [0.15, 0.2) is 6.29 Å². The third-order valence-corrected chi connectivity index (χ3v) is 4.02. The Kier molecular flexibility index (Phi) is 7.63. The lowest BCUT2D eigenvalue weighted by atomic mass is 10.2. The molecule has 0 unspecified atom stereocenters. The van der Waals surface area contributed by atoms with E-state index < -0.39 is 12.4 Å². The van der Waals surface area contributed by atoms with Crippen molar-refractivity contribution in [3.63, 3.8) is 0 Å². The van der Waals surface area contributed by atoms with Gasteiger partial charge in [-0.25, -0.2) is 4.79 Å². The van der Waals surface area contributed by atoms with Gasteiger partial charge in [0.2, 0.25) is 0 Å². The molecule has 1 amide bonds. The third-order valence-electron chi connectivity index (χ3n) is 4.02. The normalized spacial score (nSPS) is 11.1. The Hall–Kier alpha value is -2.58. The molecule has 2 aromatic rings. The summed E-state index contributed by atoms with van der Waals surface area (Å²) < 4.78 is 18.4. The molecule has 1 heterocycles. The highest BCUT2D eigenvalue weighted by Gasteiger charge is 2.13. The predicted octanol–water partition coefficient (Wildman–Crippen LogP) is 2.39. The average molecular weight is 378 g/mol. The van der Waals surface area contributed by atoms with E-state index in [2.05, 4.69) is 0 Å². The molecule has 8 nitrogen and oxygen atoms in total. The molecular weight excluding hydrogens is 352 g/mol. The van der Waals surface area contributed by atoms with Crippen LogP contribution in [0.1, 0.15) is 13.8 Å². The number of hydrogen-bond acceptors (Lipinski definition) is 5. The maximum absolute atomic E-state index is 12.4. The van der Waals surface area contributed by atoms with E-state index >= 15 is 0 Å². The van der Waals surface area contributed by atoms with Crippen molar-refractivity contribution in [2.45, 2.75) is 26.7 Å². The number of fused-ring (bicyclic) bond motifs is 1. The molecular formula is C19H26N2O6. The highest BCUT2D eigenvalue weighted by Crippen LogP contribution is 2.20. The Morgan fingerprint density at radius 2 is 1.85 bits per heavy atom. The van der Waals surface area contributed by atoms with E-state index in [4.69, 9.17) is 19.3 Å². The van der Waals surface area contributed by atoms with Crippen LogP contribution in [0.3, 0.4) is 0 Å². The van der Waals surface area contributed by atoms with Crippen molar-refractivity contribution >= 4 is 17.0 Å². The number of benzene rings is 1. The Morgan fingerprint density at radius 1 is 1.19 bits per heavy atom. The van der Waals surface area contributed by atoms with Crippen LogP contribution in [0, 0.1) is 0 Å². The molecule has 0 radical (unpaired) electrons. The first kappa shape index (κ1) is 20.7. The van der Waals surface area contributed by atoms with Crippen LogP contribution in [-0.4, -0.2) is 60.4 Å². The average Bonchev–Trinajstić information content (AvgIpc) is 2.64. The standard InChI is InChI=1S/C19H26N2O6/c1-4-25-18(26-5-2)13-21-16-12-15(27-11-10-20(3)19(23)24)8-6-14(16)7-9-17(21)22/h6-9,12,18H,4-5,10-11,13H2,1-3H3,(H,23,24). The largest absolute Gasteiger partial charge is 0.492 e. The predicted molar refractivity (Wildman–Crippen MR) is 101 cm³/mol. The van der Waals surface area contributed by atoms with Crippen LogP contribution in [0.2, 0.25) is 0 Å². The van der Waals surface area contributed by atoms with Crippen molar-refractivity contribution in [1.82, 2.24) is 9.47 Å². The molecule has 0 aliphatic carbocycles. The maximum atomic E-state index is 12.4. The fraction of sp³-hybridized carbons (Fsp3) is 0.474. The van der Waals surface area contributed by atoms with Crippen LogP contribution in [0.5, 0.6) is 5.75 Å². The summed E-state index contributed by atoms with van der Waals surface area (Å²) in [6, 6.07) is 8.69. The molecule has 0 bridgehead atoms. The first-order valence-corrected chi connectivity index (χ1v) is 8.90. The van der Waals surface area contributed by atoms with Gasteiger partial charge in [-0.2, -0.15) is 0 Å². The number of nitrogens with zero attached hydrogens (tertiary/aromatic N) is 2. The molecule has 1 N–H and O–H groups in total. The highest BCUT2D eigenvalue weighted by atomic mass is 16.7. The number of rotatable bonds is 10. The Labute approximate surface area is 157 Å². The van der Waals surface area contributed by atoms with Gasteiger partial charge in [-0.1, -0.05) is 0 Å². The van der Waals surface area contributed by atoms with Crippen molar-refractivity contribution in [3.05, 3.63) is 40.7 Å². The number of likely N-dealkylation sites (N-methyl/N-ethyl adjacent to an activating group) is 1. The summed E-state index contributed by atoms with van der Waals surface area (Å²) in [5, 5.41) is 9.75. The molecule has 8 heteroatoms. The van der Waals surface area contributed by atoms with Gasteiger partial charge in [0.25, 0.3) is 5.56 Å². The minimum Gasteiger partial charge on any atom is -0.492 e. The van der Waals surface area contributed by atoms with Crippen molar-refractivity contribution in [2.24, 2.45) is 0 Å². The lowest BCUT2D eigenvalue weighted by Gasteiger charge is -2.20. The smallest absolute Gasteiger partial charge is 0.407 e. The second-order valence-electron chi connectivity index (χ2n) is 5.90. The zero-order chi connectivity index (χ0) is 19.8. The molecule has 27 heavy (non-hydrogen) atoms. The van der Waals surface area contributed by atoms with E-state index in [0.29, 0.717) is 24.5 Å². The number of pyridine rings is 1. The maximum Gasteiger partial charge on any atom is 0.407 e. The van der Waals surface area contributed by atoms with E-state index in [0.717, 1.165) is 10.3 Å². The summed E-state index contributed by atoms with van der Waals surface area (Å²) in [7, 11) is 1.48. The third kappa shape index (κ3) is 5.70. The number of hydrogen-bond donors (Lipinski definition) is 1. The van der Waals surface area contributed by atoms with Gasteiger partial charge >= 0.3 is 6.09 Å². The molecule has 0 saturated heterocycles. The molecule has 0 spiro atoms. The first-order valence-electron chi connectivity index (χ1n) is 8.90. The Balaban J connectivity index is 2.24. The molecule has 1 aromatic carbocycles. The summed E-state index contributed by atoms with van der Waals surface area (Å²) in [5.74, 6) is 0.560. The van der Waals surface area contributed by atoms with Gasteiger partial charge in [-0.3, -0.25) is 4.79 Å². The lowest BCUT2D eigenvalue weighted by molar-refractivity contribution is -0.143. The topological polar surface area (TPSA) is 90.2 Å². The van der Waals surface area contributed by atoms with Crippen LogP contribution < -0.4 is 10.3 Å². The monoisotopic (exact) mass is 378 g/mol. The summed E-state index contributed by atoms with van der Waals surface area (Å²) >= 11 is 0. The van der Waals surface area contributed by atoms with Crippen LogP contribution >= 0.6 is 0 Å². The first-order chi connectivity index (χ1) is 13.0. The fourth-order valence-corrected chi connectivity index (χ4v) is 2.62. The quantitative estimate of drug-likeness (QED) is 0.639. The highest BCUT2D eigenvalue weighted by molar-refractivity contribution is 5.80. The molecule has 0 aliphatic rings. The van der Waals surface area contributed by atoms with E-state index in [1.807, 2.05) is 19.9 Å². The van der Waals surface area contributed by atoms with Crippen molar-refractivity contribution in [1.29, 1.82) is 0 Å². The second-order valence-corrected chi connectivity index (χ2v) is 5.90. The SMILES string of the molecule is CCOC(Cn1c(=O)ccc2ccc(OCCN(C)C(=O)O)cc21)OCC. The minimum atomic E-state index is -1.01. The number of ether oxygens (including phenoxy) is 3. The summed E-state index contributed by atoms with van der Waals surface area (Å²) in [6.07, 6.45) is -1.53. The zero-order valence-corrected chi connectivity index (χ0v) is 15.9. The van der Waals surface area contributed by atoms with Gasteiger partial charge in [-0.05, 0) is 37.4 Å². The molecule has 148 valence electrons. The van der Waals surface area contributed by atoms with Crippen molar-refractivity contribution in [2.75, 3.05) is 33.4 Å². The van der Waals surface area contributed by atoms with Crippen LogP contribution in [0.4, 0.5) is 4.79 Å². The molecule has 0 fully saturated rings. The van der Waals surface area contributed by atoms with E-state index in [9.17, 15) is 9.59 Å². The van der Waals surface area contributed by atoms with Crippen LogP contribution in [-0.2, 0) is 16.0 Å². The van der Waals surface area contributed by atoms with Gasteiger partial charge < -0.3 is 28.8 Å². The number of carboxylic acid groups (broad SMARTS) is 1. The molecule has 0 atom stereocenters. The van der Waals surface area contributed by atoms with E-state index in [1.165, 1.54) is 13.1 Å². The van der Waals surface area contributed by atoms with E-state index in [1.54, 1.807) is 22.8 Å². The van der Waals surface area contributed by atoms with Crippen LogP contribution in [0.15, 0.2) is 35.1 Å². The van der Waals surface area contributed by atoms with Crippen LogP contribution in [0.25, 0.3) is 10.9 Å². The van der Waals surface area contributed by atoms with Gasteiger partial charge in [0.1, 0.15) is 12.4 Å². The molecule has 0 aliphatic heterocycles. The lowest BCUT2D eigenvalue weighted by Crippen LogP contribution is -2.30. The fourth-order valence-electron chi connectivity index (χ4n) is 2.62. The summed E-state index contributed by atoms with van der Waals surface area (Å²) in [5.41, 5.74) is 0.547. The van der Waals surface area contributed by atoms with Gasteiger partial charge in [0.05, 0.1) is 18.6 Å². The Morgan fingerprint density at radius 3 is 2.48 bits per heavy atom. The van der Waals surface area contributed by atoms with Crippen molar-refractivity contribution < 1.29 is 24.1 Å². The summed E-state index contributed by atoms with van der Waals surface area (Å²) in [6.45, 7) is 5.43. The molecule has 0 saturated carbocycles. The Bertz CT molecular complexity index is 813. The van der Waals surface area contributed by atoms with Gasteiger partial charge in [-0.15, -0.1) is 0 Å². The molecule has 2 rings (SSSR count). The number of carbonyl (C=O) groups is 1. The number of aromatic nitrogens is 1. The van der Waals surface area contributed by atoms with Gasteiger partial charge in [0, 0.05) is 32.4 Å². The summed E-state index contributed by atoms with van der Waals surface area (Å²) in [4.78, 5) is 24.4. The molecule has 1 aromatic heterocycles. The second kappa shape index (κ2) is 9.94. The van der Waals surface area contributed by atoms with Crippen molar-refractivity contribution in [3.8, 4) is 5.75 Å². The minimum absolute atomic E-state index is 0.158. The number of amides is 1.